The molecule has 4 aromatic rings. The average Bonchev–Trinajstić information content (AvgIpc) is 3.29. The van der Waals surface area contributed by atoms with Crippen LogP contribution in [0.3, 0.4) is 0 Å². The molecule has 2 heterocycles. The van der Waals surface area contributed by atoms with Gasteiger partial charge in [0.25, 0.3) is 11.6 Å². The predicted octanol–water partition coefficient (Wildman–Crippen LogP) is 5.27. The number of anilines is 1. The van der Waals surface area contributed by atoms with Crippen LogP contribution in [0.15, 0.2) is 77.6 Å². The lowest BCUT2D eigenvalue weighted by Crippen LogP contribution is -2.11. The van der Waals surface area contributed by atoms with E-state index in [9.17, 15) is 10.1 Å². The number of nitro benzene ring substituents is 1. The second-order valence-electron chi connectivity index (χ2n) is 6.66. The van der Waals surface area contributed by atoms with E-state index < -0.39 is 4.92 Å². The van der Waals surface area contributed by atoms with Gasteiger partial charge in [0.05, 0.1) is 11.0 Å². The Bertz CT molecular complexity index is 1150. The summed E-state index contributed by atoms with van der Waals surface area (Å²) in [4.78, 5) is 19.6. The number of aromatic nitrogens is 3. The van der Waals surface area contributed by atoms with Crippen LogP contribution in [0.1, 0.15) is 24.9 Å². The lowest BCUT2D eigenvalue weighted by molar-refractivity contribution is -0.383. The van der Waals surface area contributed by atoms with E-state index in [0.717, 1.165) is 17.5 Å². The summed E-state index contributed by atoms with van der Waals surface area (Å²) in [6, 6.07) is 18.2. The first-order valence-corrected chi connectivity index (χ1v) is 9.50. The van der Waals surface area contributed by atoms with Crippen molar-refractivity contribution >= 4 is 11.4 Å². The monoisotopic (exact) mass is 401 g/mol. The van der Waals surface area contributed by atoms with Crippen molar-refractivity contribution < 1.29 is 9.45 Å². The Morgan fingerprint density at radius 2 is 1.83 bits per heavy atom. The zero-order chi connectivity index (χ0) is 20.9. The highest BCUT2D eigenvalue weighted by molar-refractivity contribution is 5.71. The molecule has 0 saturated carbocycles. The largest absolute Gasteiger partial charge is 0.373 e. The molecule has 0 aliphatic carbocycles. The van der Waals surface area contributed by atoms with Crippen LogP contribution in [-0.2, 0) is 0 Å². The van der Waals surface area contributed by atoms with Gasteiger partial charge in [-0.05, 0) is 36.2 Å². The molecule has 1 atom stereocenters. The van der Waals surface area contributed by atoms with Crippen molar-refractivity contribution in [3.63, 3.8) is 0 Å². The fourth-order valence-corrected chi connectivity index (χ4v) is 3.19. The molecular formula is C22H19N5O3. The summed E-state index contributed by atoms with van der Waals surface area (Å²) in [6.07, 6.45) is 4.04. The zero-order valence-electron chi connectivity index (χ0n) is 16.2. The van der Waals surface area contributed by atoms with E-state index in [1.165, 1.54) is 6.07 Å². The summed E-state index contributed by atoms with van der Waals surface area (Å²) in [5.41, 5.74) is 2.69. The van der Waals surface area contributed by atoms with Gasteiger partial charge in [0.15, 0.2) is 0 Å². The van der Waals surface area contributed by atoms with Gasteiger partial charge in [0, 0.05) is 29.6 Å². The molecule has 0 aliphatic heterocycles. The smallest absolute Gasteiger partial charge is 0.293 e. The van der Waals surface area contributed by atoms with Gasteiger partial charge in [-0.2, -0.15) is 4.98 Å². The minimum atomic E-state index is -0.413. The molecule has 2 aromatic heterocycles. The Labute approximate surface area is 172 Å². The maximum absolute atomic E-state index is 11.7. The molecule has 30 heavy (non-hydrogen) atoms. The number of hydrogen-bond acceptors (Lipinski definition) is 7. The SMILES string of the molecule is CC[C@@H](Nc1ccc(-c2nc(-c3ccncc3)no2)cc1[N+](=O)[O-])c1ccccc1. The van der Waals surface area contributed by atoms with Gasteiger partial charge in [0.2, 0.25) is 5.82 Å². The van der Waals surface area contributed by atoms with Gasteiger partial charge in [-0.15, -0.1) is 0 Å². The molecule has 0 bridgehead atoms. The Kier molecular flexibility index (Phi) is 5.47. The average molecular weight is 401 g/mol. The van der Waals surface area contributed by atoms with Crippen molar-refractivity contribution in [2.24, 2.45) is 0 Å². The highest BCUT2D eigenvalue weighted by atomic mass is 16.6. The van der Waals surface area contributed by atoms with Crippen LogP contribution in [0.4, 0.5) is 11.4 Å². The molecule has 0 saturated heterocycles. The highest BCUT2D eigenvalue weighted by Crippen LogP contribution is 2.33. The third-order valence-electron chi connectivity index (χ3n) is 4.75. The first kappa shape index (κ1) is 19.3. The molecule has 0 amide bonds. The number of nitrogens with one attached hydrogen (secondary N) is 1. The summed E-state index contributed by atoms with van der Waals surface area (Å²) < 4.78 is 5.33. The zero-order valence-corrected chi connectivity index (χ0v) is 16.2. The van der Waals surface area contributed by atoms with Crippen LogP contribution in [-0.4, -0.2) is 20.0 Å². The quantitative estimate of drug-likeness (QED) is 0.332. The summed E-state index contributed by atoms with van der Waals surface area (Å²) in [5.74, 6) is 0.610. The normalized spacial score (nSPS) is 11.8. The first-order chi connectivity index (χ1) is 14.7. The molecule has 2 aromatic carbocycles. The van der Waals surface area contributed by atoms with E-state index in [2.05, 4.69) is 20.4 Å². The number of rotatable bonds is 7. The van der Waals surface area contributed by atoms with Gasteiger partial charge in [0.1, 0.15) is 5.69 Å². The number of pyridine rings is 1. The second kappa shape index (κ2) is 8.52. The molecule has 0 spiro atoms. The van der Waals surface area contributed by atoms with Gasteiger partial charge in [-0.25, -0.2) is 0 Å². The van der Waals surface area contributed by atoms with Crippen molar-refractivity contribution in [1.82, 2.24) is 15.1 Å². The van der Waals surface area contributed by atoms with E-state index >= 15 is 0 Å². The Morgan fingerprint density at radius 1 is 1.07 bits per heavy atom. The third kappa shape index (κ3) is 4.02. The Morgan fingerprint density at radius 3 is 2.53 bits per heavy atom. The predicted molar refractivity (Wildman–Crippen MR) is 113 cm³/mol. The van der Waals surface area contributed by atoms with Gasteiger partial charge >= 0.3 is 0 Å². The Balaban J connectivity index is 1.64. The lowest BCUT2D eigenvalue weighted by Gasteiger charge is -2.18. The summed E-state index contributed by atoms with van der Waals surface area (Å²) in [5, 5.41) is 19.0. The fourth-order valence-electron chi connectivity index (χ4n) is 3.19. The van der Waals surface area contributed by atoms with Crippen LogP contribution in [0.2, 0.25) is 0 Å². The van der Waals surface area contributed by atoms with E-state index in [4.69, 9.17) is 4.52 Å². The van der Waals surface area contributed by atoms with E-state index in [1.807, 2.05) is 37.3 Å². The molecule has 0 fully saturated rings. The number of nitro groups is 1. The van der Waals surface area contributed by atoms with E-state index in [0.29, 0.717) is 17.1 Å². The van der Waals surface area contributed by atoms with Gasteiger partial charge in [-0.3, -0.25) is 15.1 Å². The van der Waals surface area contributed by atoms with Crippen LogP contribution >= 0.6 is 0 Å². The molecule has 0 unspecified atom stereocenters. The highest BCUT2D eigenvalue weighted by Gasteiger charge is 2.21. The molecule has 8 nitrogen and oxygen atoms in total. The van der Waals surface area contributed by atoms with Crippen LogP contribution in [0, 0.1) is 10.1 Å². The molecular weight excluding hydrogens is 382 g/mol. The van der Waals surface area contributed by atoms with Crippen LogP contribution in [0.25, 0.3) is 22.8 Å². The van der Waals surface area contributed by atoms with Crippen LogP contribution in [0.5, 0.6) is 0 Å². The molecule has 0 aliphatic rings. The third-order valence-corrected chi connectivity index (χ3v) is 4.75. The maximum Gasteiger partial charge on any atom is 0.293 e. The van der Waals surface area contributed by atoms with Crippen molar-refractivity contribution in [2.45, 2.75) is 19.4 Å². The van der Waals surface area contributed by atoms with Gasteiger partial charge in [-0.1, -0.05) is 42.4 Å². The number of hydrogen-bond donors (Lipinski definition) is 1. The molecule has 0 radical (unpaired) electrons. The maximum atomic E-state index is 11.7. The minimum Gasteiger partial charge on any atom is -0.373 e. The summed E-state index contributed by atoms with van der Waals surface area (Å²) >= 11 is 0. The van der Waals surface area contributed by atoms with Crippen molar-refractivity contribution in [2.75, 3.05) is 5.32 Å². The van der Waals surface area contributed by atoms with Crippen molar-refractivity contribution in [1.29, 1.82) is 0 Å². The minimum absolute atomic E-state index is 0.0440. The number of nitrogens with zero attached hydrogens (tertiary/aromatic N) is 4. The molecule has 8 heteroatoms. The first-order valence-electron chi connectivity index (χ1n) is 9.50. The van der Waals surface area contributed by atoms with Crippen LogP contribution < -0.4 is 5.32 Å². The molecule has 150 valence electrons. The second-order valence-corrected chi connectivity index (χ2v) is 6.66. The van der Waals surface area contributed by atoms with Gasteiger partial charge < -0.3 is 9.84 Å². The Hall–Kier alpha value is -4.07. The lowest BCUT2D eigenvalue weighted by atomic mass is 10.0. The van der Waals surface area contributed by atoms with E-state index in [-0.39, 0.29) is 17.6 Å². The summed E-state index contributed by atoms with van der Waals surface area (Å²) in [7, 11) is 0. The molecule has 1 N–H and O–H groups in total. The number of benzene rings is 2. The summed E-state index contributed by atoms with van der Waals surface area (Å²) in [6.45, 7) is 2.03. The standard InChI is InChI=1S/C22H19N5O3/c1-2-18(15-6-4-3-5-7-15)24-19-9-8-17(14-20(19)27(28)29)22-25-21(26-30-22)16-10-12-23-13-11-16/h3-14,18,24H,2H2,1H3/t18-/m1/s1. The van der Waals surface area contributed by atoms with E-state index in [1.54, 1.807) is 36.7 Å². The van der Waals surface area contributed by atoms with Crippen molar-refractivity contribution in [3.05, 3.63) is 88.7 Å². The molecule has 4 rings (SSSR count). The topological polar surface area (TPSA) is 107 Å². The fraction of sp³-hybridized carbons (Fsp3) is 0.136. The van der Waals surface area contributed by atoms with Crippen molar-refractivity contribution in [3.8, 4) is 22.8 Å².